The van der Waals surface area contributed by atoms with Gasteiger partial charge in [-0.25, -0.2) is 4.79 Å². The Balaban J connectivity index is 2.16. The molecule has 3 aromatic rings. The van der Waals surface area contributed by atoms with E-state index in [1.165, 1.54) is 14.0 Å². The Morgan fingerprint density at radius 2 is 1.34 bits per heavy atom. The smallest absolute Gasteiger partial charge is 0.329 e. The topological polar surface area (TPSA) is 64.6 Å². The molecule has 3 aromatic carbocycles. The lowest BCUT2D eigenvalue weighted by molar-refractivity contribution is -0.144. The Bertz CT molecular complexity index is 983. The van der Waals surface area contributed by atoms with Crippen LogP contribution in [0.25, 0.3) is 0 Å². The van der Waals surface area contributed by atoms with Crippen LogP contribution in [0.2, 0.25) is 0 Å². The second-order valence-electron chi connectivity index (χ2n) is 7.23. The standard InChI is InChI=1S/C26H27NO4S/c1-19(28)27-24(25(29)31-3)18-32-26(20-10-6-4-7-11-20,21-12-8-5-9-13-21)22-14-16-23(30-2)17-15-22/h4-17,24H,18H2,1-3H3,(H,27,28)/t24-/m0/s1. The van der Waals surface area contributed by atoms with Crippen molar-refractivity contribution in [2.24, 2.45) is 0 Å². The van der Waals surface area contributed by atoms with E-state index in [1.807, 2.05) is 60.7 Å². The van der Waals surface area contributed by atoms with Gasteiger partial charge in [0.2, 0.25) is 5.91 Å². The number of ether oxygens (including phenoxy) is 2. The summed E-state index contributed by atoms with van der Waals surface area (Å²) in [5.41, 5.74) is 3.16. The predicted octanol–water partition coefficient (Wildman–Crippen LogP) is 4.40. The molecule has 166 valence electrons. The maximum atomic E-state index is 12.4. The molecule has 1 amide bonds. The van der Waals surface area contributed by atoms with Gasteiger partial charge in [0.05, 0.1) is 19.0 Å². The molecule has 0 radical (unpaired) electrons. The largest absolute Gasteiger partial charge is 0.497 e. The fraction of sp³-hybridized carbons (Fsp3) is 0.231. The monoisotopic (exact) mass is 449 g/mol. The van der Waals surface area contributed by atoms with E-state index in [4.69, 9.17) is 9.47 Å². The zero-order chi connectivity index (χ0) is 23.0. The van der Waals surface area contributed by atoms with Gasteiger partial charge in [0.1, 0.15) is 11.8 Å². The molecular formula is C26H27NO4S. The molecule has 1 N–H and O–H groups in total. The number of thioether (sulfide) groups is 1. The first-order valence-electron chi connectivity index (χ1n) is 10.3. The fourth-order valence-electron chi connectivity index (χ4n) is 3.69. The fourth-order valence-corrected chi connectivity index (χ4v) is 5.23. The van der Waals surface area contributed by atoms with Gasteiger partial charge >= 0.3 is 5.97 Å². The number of hydrogen-bond donors (Lipinski definition) is 1. The van der Waals surface area contributed by atoms with Crippen LogP contribution < -0.4 is 10.1 Å². The van der Waals surface area contributed by atoms with Crippen molar-refractivity contribution in [3.8, 4) is 5.75 Å². The highest BCUT2D eigenvalue weighted by molar-refractivity contribution is 8.00. The van der Waals surface area contributed by atoms with Crippen molar-refractivity contribution in [2.45, 2.75) is 17.7 Å². The molecule has 5 nitrogen and oxygen atoms in total. The molecule has 0 saturated heterocycles. The van der Waals surface area contributed by atoms with E-state index in [2.05, 4.69) is 29.6 Å². The molecule has 0 aliphatic rings. The van der Waals surface area contributed by atoms with Gasteiger partial charge in [0.25, 0.3) is 0 Å². The maximum absolute atomic E-state index is 12.4. The van der Waals surface area contributed by atoms with Crippen molar-refractivity contribution >= 4 is 23.6 Å². The lowest BCUT2D eigenvalue weighted by Crippen LogP contribution is -2.43. The SMILES string of the molecule is COC(=O)[C@H](CSC(c1ccccc1)(c1ccccc1)c1ccc(OC)cc1)NC(C)=O. The minimum atomic E-state index is -0.771. The summed E-state index contributed by atoms with van der Waals surface area (Å²) in [5, 5.41) is 2.72. The summed E-state index contributed by atoms with van der Waals surface area (Å²) in [7, 11) is 2.96. The normalized spacial score (nSPS) is 12.0. The van der Waals surface area contributed by atoms with E-state index in [-0.39, 0.29) is 5.91 Å². The van der Waals surface area contributed by atoms with Crippen LogP contribution in [0.4, 0.5) is 0 Å². The lowest BCUT2D eigenvalue weighted by Gasteiger charge is -2.36. The Morgan fingerprint density at radius 3 is 1.78 bits per heavy atom. The molecule has 32 heavy (non-hydrogen) atoms. The third-order valence-corrected chi connectivity index (χ3v) is 6.83. The van der Waals surface area contributed by atoms with Gasteiger partial charge in [-0.1, -0.05) is 72.8 Å². The summed E-state index contributed by atoms with van der Waals surface area (Å²) in [6.07, 6.45) is 0. The van der Waals surface area contributed by atoms with E-state index in [0.717, 1.165) is 22.4 Å². The molecule has 0 bridgehead atoms. The molecule has 3 rings (SSSR count). The number of benzene rings is 3. The summed E-state index contributed by atoms with van der Waals surface area (Å²) in [4.78, 5) is 24.1. The molecule has 0 aliphatic heterocycles. The quantitative estimate of drug-likeness (QED) is 0.388. The maximum Gasteiger partial charge on any atom is 0.329 e. The summed E-state index contributed by atoms with van der Waals surface area (Å²) in [6, 6.07) is 27.5. The molecule has 0 heterocycles. The molecule has 0 spiro atoms. The summed E-state index contributed by atoms with van der Waals surface area (Å²) in [6.45, 7) is 1.39. The highest BCUT2D eigenvalue weighted by Gasteiger charge is 2.38. The minimum absolute atomic E-state index is 0.282. The number of amides is 1. The van der Waals surface area contributed by atoms with Crippen molar-refractivity contribution < 1.29 is 19.1 Å². The third-order valence-electron chi connectivity index (χ3n) is 5.19. The molecule has 0 fully saturated rings. The average Bonchev–Trinajstić information content (AvgIpc) is 2.84. The van der Waals surface area contributed by atoms with Crippen LogP contribution >= 0.6 is 11.8 Å². The van der Waals surface area contributed by atoms with Crippen LogP contribution in [0.15, 0.2) is 84.9 Å². The number of methoxy groups -OCH3 is 2. The molecular weight excluding hydrogens is 422 g/mol. The van der Waals surface area contributed by atoms with Crippen LogP contribution in [-0.2, 0) is 19.1 Å². The summed E-state index contributed by atoms with van der Waals surface area (Å²) in [5.74, 6) is 0.328. The van der Waals surface area contributed by atoms with E-state index in [1.54, 1.807) is 18.9 Å². The Kier molecular flexibility index (Phi) is 7.95. The zero-order valence-electron chi connectivity index (χ0n) is 18.4. The molecule has 0 saturated carbocycles. The highest BCUT2D eigenvalue weighted by Crippen LogP contribution is 2.49. The van der Waals surface area contributed by atoms with Crippen LogP contribution in [0, 0.1) is 0 Å². The second-order valence-corrected chi connectivity index (χ2v) is 8.46. The van der Waals surface area contributed by atoms with Gasteiger partial charge in [-0.3, -0.25) is 4.79 Å². The number of nitrogens with one attached hydrogen (secondary N) is 1. The molecule has 6 heteroatoms. The average molecular weight is 450 g/mol. The number of hydrogen-bond acceptors (Lipinski definition) is 5. The second kappa shape index (κ2) is 10.9. The van der Waals surface area contributed by atoms with E-state index in [0.29, 0.717) is 5.75 Å². The van der Waals surface area contributed by atoms with Crippen molar-refractivity contribution in [2.75, 3.05) is 20.0 Å². The molecule has 1 atom stereocenters. The van der Waals surface area contributed by atoms with Gasteiger partial charge < -0.3 is 14.8 Å². The number of esters is 1. The Hall–Kier alpha value is -3.25. The van der Waals surface area contributed by atoms with Crippen LogP contribution in [0.3, 0.4) is 0 Å². The lowest BCUT2D eigenvalue weighted by atomic mass is 9.84. The summed E-state index contributed by atoms with van der Waals surface area (Å²) < 4.78 is 9.68. The van der Waals surface area contributed by atoms with Crippen molar-refractivity contribution in [3.63, 3.8) is 0 Å². The Morgan fingerprint density at radius 1 is 0.844 bits per heavy atom. The van der Waals surface area contributed by atoms with Crippen molar-refractivity contribution in [1.82, 2.24) is 5.32 Å². The zero-order valence-corrected chi connectivity index (χ0v) is 19.2. The highest BCUT2D eigenvalue weighted by atomic mass is 32.2. The van der Waals surface area contributed by atoms with E-state index in [9.17, 15) is 9.59 Å². The van der Waals surface area contributed by atoms with Gasteiger partial charge in [-0.2, -0.15) is 0 Å². The van der Waals surface area contributed by atoms with Crippen LogP contribution in [0.1, 0.15) is 23.6 Å². The van der Waals surface area contributed by atoms with Crippen LogP contribution in [0.5, 0.6) is 5.75 Å². The molecule has 0 unspecified atom stereocenters. The predicted molar refractivity (Wildman–Crippen MR) is 128 cm³/mol. The molecule has 0 aromatic heterocycles. The number of carbonyl (C=O) groups is 2. The number of carbonyl (C=O) groups excluding carboxylic acids is 2. The van der Waals surface area contributed by atoms with Gasteiger partial charge in [0.15, 0.2) is 0 Å². The summed E-state index contributed by atoms with van der Waals surface area (Å²) >= 11 is 1.58. The first-order valence-corrected chi connectivity index (χ1v) is 11.2. The molecule has 0 aliphatic carbocycles. The van der Waals surface area contributed by atoms with Crippen molar-refractivity contribution in [3.05, 3.63) is 102 Å². The van der Waals surface area contributed by atoms with E-state index < -0.39 is 16.8 Å². The third kappa shape index (κ3) is 5.14. The number of rotatable bonds is 9. The van der Waals surface area contributed by atoms with E-state index >= 15 is 0 Å². The first kappa shape index (κ1) is 23.4. The van der Waals surface area contributed by atoms with Crippen molar-refractivity contribution in [1.29, 1.82) is 0 Å². The minimum Gasteiger partial charge on any atom is -0.497 e. The van der Waals surface area contributed by atoms with Gasteiger partial charge in [0, 0.05) is 12.7 Å². The van der Waals surface area contributed by atoms with Gasteiger partial charge in [-0.05, 0) is 28.8 Å². The first-order chi connectivity index (χ1) is 15.5. The Labute approximate surface area is 193 Å². The van der Waals surface area contributed by atoms with Gasteiger partial charge in [-0.15, -0.1) is 11.8 Å². The van der Waals surface area contributed by atoms with Crippen LogP contribution in [-0.4, -0.2) is 37.9 Å².